The molecule has 0 aromatic carbocycles. The number of rotatable bonds is 8. The highest BCUT2D eigenvalue weighted by molar-refractivity contribution is 5.84. The molecule has 4 nitrogen and oxygen atoms in total. The van der Waals surface area contributed by atoms with Crippen molar-refractivity contribution in [3.8, 4) is 0 Å². The van der Waals surface area contributed by atoms with Gasteiger partial charge in [-0.3, -0.25) is 4.79 Å². The van der Waals surface area contributed by atoms with Crippen LogP contribution in [0, 0.1) is 5.41 Å². The van der Waals surface area contributed by atoms with Crippen molar-refractivity contribution in [3.63, 3.8) is 0 Å². The van der Waals surface area contributed by atoms with E-state index in [1.807, 2.05) is 6.92 Å². The van der Waals surface area contributed by atoms with Crippen LogP contribution < -0.4 is 11.1 Å². The van der Waals surface area contributed by atoms with Crippen molar-refractivity contribution < 1.29 is 4.79 Å². The van der Waals surface area contributed by atoms with Crippen LogP contribution in [0.2, 0.25) is 0 Å². The molecule has 4 heteroatoms. The van der Waals surface area contributed by atoms with E-state index in [2.05, 4.69) is 37.9 Å². The van der Waals surface area contributed by atoms with Crippen molar-refractivity contribution in [1.29, 1.82) is 0 Å². The third kappa shape index (κ3) is 4.19. The number of hydrogen-bond acceptors (Lipinski definition) is 3. The lowest BCUT2D eigenvalue weighted by atomic mass is 9.82. The van der Waals surface area contributed by atoms with Crippen LogP contribution in [0.1, 0.15) is 60.3 Å². The van der Waals surface area contributed by atoms with Gasteiger partial charge in [0.1, 0.15) is 0 Å². The van der Waals surface area contributed by atoms with Crippen molar-refractivity contribution in [2.24, 2.45) is 11.1 Å². The first-order valence-corrected chi connectivity index (χ1v) is 8.07. The van der Waals surface area contributed by atoms with E-state index in [1.54, 1.807) is 0 Å². The molecule has 20 heavy (non-hydrogen) atoms. The third-order valence-corrected chi connectivity index (χ3v) is 5.10. The van der Waals surface area contributed by atoms with Crippen LogP contribution in [0.15, 0.2) is 0 Å². The number of nitrogens with one attached hydrogen (secondary N) is 1. The highest BCUT2D eigenvalue weighted by Gasteiger charge is 2.37. The number of primary amides is 1. The fraction of sp³-hybridized carbons (Fsp3) is 0.938. The maximum absolute atomic E-state index is 11.7. The van der Waals surface area contributed by atoms with Gasteiger partial charge in [-0.2, -0.15) is 0 Å². The number of nitrogens with two attached hydrogens (primary N) is 1. The van der Waals surface area contributed by atoms with Gasteiger partial charge in [-0.05, 0) is 58.4 Å². The van der Waals surface area contributed by atoms with E-state index < -0.39 is 5.54 Å². The van der Waals surface area contributed by atoms with Gasteiger partial charge in [-0.25, -0.2) is 0 Å². The van der Waals surface area contributed by atoms with E-state index in [4.69, 9.17) is 5.73 Å². The number of carbonyl (C=O) groups excluding carboxylic acids is 1. The smallest absolute Gasteiger partial charge is 0.237 e. The number of amides is 1. The van der Waals surface area contributed by atoms with Crippen molar-refractivity contribution in [2.45, 2.75) is 71.9 Å². The van der Waals surface area contributed by atoms with Gasteiger partial charge in [0.15, 0.2) is 0 Å². The number of hydrogen-bond donors (Lipinski definition) is 2. The van der Waals surface area contributed by atoms with Crippen LogP contribution in [-0.2, 0) is 4.79 Å². The van der Waals surface area contributed by atoms with Crippen LogP contribution in [0.5, 0.6) is 0 Å². The predicted octanol–water partition coefficient (Wildman–Crippen LogP) is 2.13. The minimum Gasteiger partial charge on any atom is -0.368 e. The lowest BCUT2D eigenvalue weighted by Crippen LogP contribution is -2.56. The molecule has 0 bridgehead atoms. The molecule has 0 spiro atoms. The Morgan fingerprint density at radius 3 is 2.40 bits per heavy atom. The molecule has 1 unspecified atom stereocenters. The summed E-state index contributed by atoms with van der Waals surface area (Å²) in [6.07, 6.45) is 4.56. The monoisotopic (exact) mass is 283 g/mol. The Bertz CT molecular complexity index is 326. The topological polar surface area (TPSA) is 58.4 Å². The molecule has 1 heterocycles. The van der Waals surface area contributed by atoms with Gasteiger partial charge in [0.05, 0.1) is 5.54 Å². The summed E-state index contributed by atoms with van der Waals surface area (Å²) in [5, 5.41) is 3.33. The molecule has 118 valence electrons. The van der Waals surface area contributed by atoms with Crippen LogP contribution >= 0.6 is 0 Å². The predicted molar refractivity (Wildman–Crippen MR) is 84.6 cm³/mol. The van der Waals surface area contributed by atoms with Crippen molar-refractivity contribution in [2.75, 3.05) is 19.6 Å². The summed E-state index contributed by atoms with van der Waals surface area (Å²) in [6.45, 7) is 13.9. The first-order valence-electron chi connectivity index (χ1n) is 8.07. The molecule has 1 saturated heterocycles. The SMILES string of the molecule is CCC1(CC)CCN(CCC(C)(NC(C)C)C(N)=O)C1. The maximum Gasteiger partial charge on any atom is 0.237 e. The summed E-state index contributed by atoms with van der Waals surface area (Å²) in [6, 6.07) is 0.261. The van der Waals surface area contributed by atoms with Gasteiger partial charge >= 0.3 is 0 Å². The Kier molecular flexibility index (Phi) is 6.02. The van der Waals surface area contributed by atoms with Crippen LogP contribution in [-0.4, -0.2) is 42.0 Å². The van der Waals surface area contributed by atoms with Gasteiger partial charge in [0.2, 0.25) is 5.91 Å². The Morgan fingerprint density at radius 1 is 1.40 bits per heavy atom. The average molecular weight is 283 g/mol. The van der Waals surface area contributed by atoms with Gasteiger partial charge in [-0.1, -0.05) is 13.8 Å². The standard InChI is InChI=1S/C16H33N3O/c1-6-16(7-2)9-11-19(12-16)10-8-15(5,14(17)20)18-13(3)4/h13,18H,6-12H2,1-5H3,(H2,17,20). The first kappa shape index (κ1) is 17.4. The molecule has 1 aliphatic heterocycles. The Morgan fingerprint density at radius 2 is 2.00 bits per heavy atom. The van der Waals surface area contributed by atoms with Gasteiger partial charge in [-0.15, -0.1) is 0 Å². The normalized spacial score (nSPS) is 22.1. The molecular formula is C16H33N3O. The number of likely N-dealkylation sites (tertiary alicyclic amines) is 1. The molecule has 0 aromatic rings. The molecule has 1 aliphatic rings. The van der Waals surface area contributed by atoms with E-state index in [1.165, 1.54) is 19.3 Å². The summed E-state index contributed by atoms with van der Waals surface area (Å²) in [7, 11) is 0. The second kappa shape index (κ2) is 6.90. The van der Waals surface area contributed by atoms with Crippen molar-refractivity contribution in [1.82, 2.24) is 10.2 Å². The van der Waals surface area contributed by atoms with E-state index in [-0.39, 0.29) is 11.9 Å². The molecule has 1 rings (SSSR count). The molecule has 0 saturated carbocycles. The van der Waals surface area contributed by atoms with Crippen LogP contribution in [0.25, 0.3) is 0 Å². The van der Waals surface area contributed by atoms with E-state index in [9.17, 15) is 4.79 Å². The zero-order valence-corrected chi connectivity index (χ0v) is 14.0. The minimum atomic E-state index is -0.599. The fourth-order valence-electron chi connectivity index (χ4n) is 3.33. The third-order valence-electron chi connectivity index (χ3n) is 5.10. The molecular weight excluding hydrogens is 250 g/mol. The van der Waals surface area contributed by atoms with Crippen molar-refractivity contribution in [3.05, 3.63) is 0 Å². The molecule has 0 aromatic heterocycles. The Balaban J connectivity index is 2.55. The van der Waals surface area contributed by atoms with Gasteiger partial charge < -0.3 is 16.0 Å². The molecule has 0 aliphatic carbocycles. The maximum atomic E-state index is 11.7. The van der Waals surface area contributed by atoms with Crippen LogP contribution in [0.3, 0.4) is 0 Å². The molecule has 1 amide bonds. The highest BCUT2D eigenvalue weighted by atomic mass is 16.1. The Hall–Kier alpha value is -0.610. The summed E-state index contributed by atoms with van der Waals surface area (Å²) in [5.41, 5.74) is 5.48. The first-order chi connectivity index (χ1) is 9.27. The molecule has 1 atom stereocenters. The van der Waals surface area contributed by atoms with Crippen LogP contribution in [0.4, 0.5) is 0 Å². The summed E-state index contributed by atoms with van der Waals surface area (Å²) in [5.74, 6) is -0.248. The molecule has 3 N–H and O–H groups in total. The fourth-order valence-corrected chi connectivity index (χ4v) is 3.33. The molecule has 1 fully saturated rings. The quantitative estimate of drug-likeness (QED) is 0.717. The zero-order chi connectivity index (χ0) is 15.4. The highest BCUT2D eigenvalue weighted by Crippen LogP contribution is 2.37. The zero-order valence-electron chi connectivity index (χ0n) is 14.0. The second-order valence-corrected chi connectivity index (χ2v) is 6.98. The molecule has 0 radical (unpaired) electrons. The van der Waals surface area contributed by atoms with E-state index in [0.717, 1.165) is 26.1 Å². The lowest BCUT2D eigenvalue weighted by Gasteiger charge is -2.32. The lowest BCUT2D eigenvalue weighted by molar-refractivity contribution is -0.124. The van der Waals surface area contributed by atoms with Crippen molar-refractivity contribution >= 4 is 5.91 Å². The number of carbonyl (C=O) groups is 1. The Labute approximate surface area is 124 Å². The minimum absolute atomic E-state index is 0.248. The van der Waals surface area contributed by atoms with E-state index >= 15 is 0 Å². The summed E-state index contributed by atoms with van der Waals surface area (Å²) >= 11 is 0. The second-order valence-electron chi connectivity index (χ2n) is 6.98. The van der Waals surface area contributed by atoms with Gasteiger partial charge in [0.25, 0.3) is 0 Å². The summed E-state index contributed by atoms with van der Waals surface area (Å²) < 4.78 is 0. The average Bonchev–Trinajstić information content (AvgIpc) is 2.80. The van der Waals surface area contributed by atoms with Gasteiger partial charge in [0, 0.05) is 19.1 Å². The number of nitrogens with zero attached hydrogens (tertiary/aromatic N) is 1. The van der Waals surface area contributed by atoms with E-state index in [0.29, 0.717) is 5.41 Å². The largest absolute Gasteiger partial charge is 0.368 e. The summed E-state index contributed by atoms with van der Waals surface area (Å²) in [4.78, 5) is 14.2.